The van der Waals surface area contributed by atoms with Gasteiger partial charge in [0.15, 0.2) is 0 Å². The van der Waals surface area contributed by atoms with E-state index < -0.39 is 24.0 Å². The van der Waals surface area contributed by atoms with E-state index in [2.05, 4.69) is 137 Å². The molecule has 0 saturated carbocycles. The smallest absolute Gasteiger partial charge is 0.0913 e. The van der Waals surface area contributed by atoms with Crippen LogP contribution in [-0.4, -0.2) is 24.0 Å². The third-order valence-electron chi connectivity index (χ3n) is 10.0. The second kappa shape index (κ2) is 8.75. The molecule has 0 aliphatic carbocycles. The zero-order chi connectivity index (χ0) is 26.9. The lowest BCUT2D eigenvalue weighted by molar-refractivity contribution is 0.526. The molecule has 0 spiro atoms. The van der Waals surface area contributed by atoms with Crippen LogP contribution in [0, 0.1) is 0 Å². The molecule has 0 saturated heterocycles. The minimum absolute atomic E-state index is 0.356. The van der Waals surface area contributed by atoms with Crippen LogP contribution < -0.4 is 0 Å². The van der Waals surface area contributed by atoms with Gasteiger partial charge in [-0.25, -0.2) is 0 Å². The third kappa shape index (κ3) is 4.30. The van der Waals surface area contributed by atoms with Crippen molar-refractivity contribution in [3.63, 3.8) is 0 Å². The third-order valence-corrected chi connectivity index (χ3v) is 42.8. The average Bonchev–Trinajstić information content (AvgIpc) is 2.46. The molecule has 196 valence electrons. The molecule has 0 aromatic rings. The predicted molar refractivity (Wildman–Crippen MR) is 164 cm³/mol. The molecule has 0 aromatic carbocycles. The summed E-state index contributed by atoms with van der Waals surface area (Å²) in [4.78, 5) is 0. The lowest BCUT2D eigenvalue weighted by Gasteiger charge is -2.70. The SMILES string of the molecule is CCC1=C(CC)[Si](C(C)(C)C)(C(C)(C)C)C(C)(C)C[Si@@H]1[Si](C(C)(C)C)(C(C)(C)C)C(C)(C)C. The summed E-state index contributed by atoms with van der Waals surface area (Å²) in [6.07, 6.45) is 2.58. The summed E-state index contributed by atoms with van der Waals surface area (Å²) in [6, 6.07) is 1.53. The highest BCUT2D eigenvalue weighted by atomic mass is 29.2. The van der Waals surface area contributed by atoms with Gasteiger partial charge < -0.3 is 0 Å². The van der Waals surface area contributed by atoms with Gasteiger partial charge in [-0.1, -0.05) is 148 Å². The molecular weight excluding hydrogens is 445 g/mol. The summed E-state index contributed by atoms with van der Waals surface area (Å²) in [7, 11) is -4.94. The second-order valence-electron chi connectivity index (χ2n) is 17.2. The molecule has 1 rings (SSSR count). The normalized spacial score (nSPS) is 23.2. The van der Waals surface area contributed by atoms with Crippen molar-refractivity contribution in [3.05, 3.63) is 10.4 Å². The molecular formula is C30H64Si3. The number of rotatable bonds is 3. The average molecular weight is 509 g/mol. The summed E-state index contributed by atoms with van der Waals surface area (Å²) >= 11 is 0. The Morgan fingerprint density at radius 1 is 0.667 bits per heavy atom. The summed E-state index contributed by atoms with van der Waals surface area (Å²) < 4.78 is 0. The highest BCUT2D eigenvalue weighted by Crippen LogP contribution is 2.73. The van der Waals surface area contributed by atoms with E-state index in [1.807, 2.05) is 5.20 Å². The number of hydrogen-bond donors (Lipinski definition) is 0. The summed E-state index contributed by atoms with van der Waals surface area (Å²) in [5.41, 5.74) is 0. The van der Waals surface area contributed by atoms with Crippen LogP contribution in [0.15, 0.2) is 10.4 Å². The summed E-state index contributed by atoms with van der Waals surface area (Å²) in [5, 5.41) is 6.38. The molecule has 0 aromatic heterocycles. The summed E-state index contributed by atoms with van der Waals surface area (Å²) in [6.45, 7) is 50.0. The Balaban J connectivity index is 4.46. The van der Waals surface area contributed by atoms with Crippen LogP contribution in [0.4, 0.5) is 0 Å². The van der Waals surface area contributed by atoms with Gasteiger partial charge in [0.05, 0.1) is 24.0 Å². The Bertz CT molecular complexity index is 684. The zero-order valence-electron chi connectivity index (χ0n) is 26.7. The van der Waals surface area contributed by atoms with Crippen LogP contribution in [0.1, 0.15) is 144 Å². The van der Waals surface area contributed by atoms with Gasteiger partial charge in [-0.05, 0) is 43.1 Å². The fourth-order valence-electron chi connectivity index (χ4n) is 12.0. The van der Waals surface area contributed by atoms with Crippen LogP contribution in [0.3, 0.4) is 0 Å². The van der Waals surface area contributed by atoms with Gasteiger partial charge in [0.2, 0.25) is 0 Å². The second-order valence-corrected chi connectivity index (χ2v) is 36.6. The topological polar surface area (TPSA) is 0 Å². The van der Waals surface area contributed by atoms with E-state index >= 15 is 0 Å². The summed E-state index contributed by atoms with van der Waals surface area (Å²) in [5.74, 6) is 0. The minimum Gasteiger partial charge on any atom is -0.0913 e. The van der Waals surface area contributed by atoms with E-state index in [1.165, 1.54) is 18.9 Å². The molecule has 0 unspecified atom stereocenters. The maximum Gasteiger partial charge on any atom is 0.0967 e. The number of allylic oxidation sites excluding steroid dienone is 2. The van der Waals surface area contributed by atoms with E-state index in [0.717, 1.165) is 0 Å². The first-order valence-corrected chi connectivity index (χ1v) is 21.2. The quantitative estimate of drug-likeness (QED) is 0.332. The van der Waals surface area contributed by atoms with Gasteiger partial charge in [-0.2, -0.15) is 0 Å². The molecule has 1 aliphatic rings. The zero-order valence-corrected chi connectivity index (χ0v) is 29.9. The van der Waals surface area contributed by atoms with Crippen molar-refractivity contribution < 1.29 is 0 Å². The van der Waals surface area contributed by atoms with Crippen molar-refractivity contribution in [2.24, 2.45) is 0 Å². The molecule has 0 N–H and O–H groups in total. The Hall–Kier alpha value is 0.391. The van der Waals surface area contributed by atoms with Crippen molar-refractivity contribution in [2.75, 3.05) is 0 Å². The Morgan fingerprint density at radius 2 is 1.00 bits per heavy atom. The molecule has 1 atom stereocenters. The molecule has 0 radical (unpaired) electrons. The maximum absolute atomic E-state index is 2.74. The van der Waals surface area contributed by atoms with Crippen molar-refractivity contribution in [2.45, 2.75) is 181 Å². The van der Waals surface area contributed by atoms with E-state index in [4.69, 9.17) is 0 Å². The molecule has 0 fully saturated rings. The predicted octanol–water partition coefficient (Wildman–Crippen LogP) is 11.2. The van der Waals surface area contributed by atoms with E-state index in [1.54, 1.807) is 0 Å². The number of hydrogen-bond acceptors (Lipinski definition) is 0. The van der Waals surface area contributed by atoms with Crippen molar-refractivity contribution in [1.29, 1.82) is 0 Å². The minimum atomic E-state index is -1.89. The van der Waals surface area contributed by atoms with Gasteiger partial charge in [0, 0.05) is 0 Å². The molecule has 0 nitrogen and oxygen atoms in total. The van der Waals surface area contributed by atoms with Gasteiger partial charge in [-0.15, -0.1) is 0 Å². The molecule has 3 heteroatoms. The van der Waals surface area contributed by atoms with Crippen LogP contribution in [0.25, 0.3) is 0 Å². The molecule has 1 aliphatic heterocycles. The molecule has 0 amide bonds. The largest absolute Gasteiger partial charge is 0.0967 e. The fourth-order valence-corrected chi connectivity index (χ4v) is 53.9. The van der Waals surface area contributed by atoms with Crippen molar-refractivity contribution in [1.82, 2.24) is 0 Å². The first-order valence-electron chi connectivity index (χ1n) is 14.0. The van der Waals surface area contributed by atoms with Crippen LogP contribution >= 0.6 is 0 Å². The Kier molecular flexibility index (Phi) is 8.33. The van der Waals surface area contributed by atoms with E-state index in [-0.39, 0.29) is 0 Å². The van der Waals surface area contributed by atoms with Gasteiger partial charge >= 0.3 is 0 Å². The molecule has 0 bridgehead atoms. The first-order chi connectivity index (χ1) is 14.2. The fraction of sp³-hybridized carbons (Fsp3) is 0.933. The monoisotopic (exact) mass is 508 g/mol. The first kappa shape index (κ1) is 31.4. The van der Waals surface area contributed by atoms with E-state index in [0.29, 0.717) is 30.2 Å². The van der Waals surface area contributed by atoms with Crippen LogP contribution in [0.2, 0.25) is 36.3 Å². The molecule has 1 heterocycles. The lowest BCUT2D eigenvalue weighted by atomic mass is 10.2. The van der Waals surface area contributed by atoms with Crippen LogP contribution in [-0.2, 0) is 0 Å². The Labute approximate surface area is 214 Å². The standard InChI is InChI=1S/C30H64Si3/c1-20-23-24(21-2)32(25(3,4)5,26(6,7)8)30(18,19)22-31(23)33(27(9,10)11,28(12,13)14)29(15,16)17/h31H,20-22H2,1-19H3/t31-/m0/s1. The maximum atomic E-state index is 2.74. The lowest BCUT2D eigenvalue weighted by Crippen LogP contribution is -2.74. The molecule has 33 heavy (non-hydrogen) atoms. The highest BCUT2D eigenvalue weighted by Gasteiger charge is 2.71. The van der Waals surface area contributed by atoms with Crippen molar-refractivity contribution in [3.8, 4) is 0 Å². The van der Waals surface area contributed by atoms with Crippen LogP contribution in [0.5, 0.6) is 0 Å². The van der Waals surface area contributed by atoms with Gasteiger partial charge in [-0.3, -0.25) is 0 Å². The highest BCUT2D eigenvalue weighted by molar-refractivity contribution is 7.39. The Morgan fingerprint density at radius 3 is 1.21 bits per heavy atom. The van der Waals surface area contributed by atoms with Gasteiger partial charge in [0.25, 0.3) is 0 Å². The van der Waals surface area contributed by atoms with Crippen molar-refractivity contribution >= 4 is 24.0 Å². The van der Waals surface area contributed by atoms with E-state index in [9.17, 15) is 0 Å². The van der Waals surface area contributed by atoms with Gasteiger partial charge in [0.1, 0.15) is 0 Å².